The van der Waals surface area contributed by atoms with Crippen LogP contribution in [0.3, 0.4) is 0 Å². The SMILES string of the molecule is C=C(C)C1=C(N(c2ccc(Cl)cc2Cl)C(C)c2ccc(C=O)cc2)CCN(N2CCCCC2)C1=O. The van der Waals surface area contributed by atoms with E-state index in [0.717, 1.165) is 54.7 Å². The summed E-state index contributed by atoms with van der Waals surface area (Å²) in [5, 5.41) is 5.14. The molecule has 1 unspecified atom stereocenters. The Bertz CT molecular complexity index is 1150. The van der Waals surface area contributed by atoms with Crippen molar-refractivity contribution in [1.82, 2.24) is 10.0 Å². The lowest BCUT2D eigenvalue weighted by Gasteiger charge is -2.44. The van der Waals surface area contributed by atoms with Crippen LogP contribution in [0.1, 0.15) is 61.5 Å². The molecule has 4 rings (SSSR count). The summed E-state index contributed by atoms with van der Waals surface area (Å²) in [6.07, 6.45) is 4.90. The molecule has 0 radical (unpaired) electrons. The Hall–Kier alpha value is -2.60. The van der Waals surface area contributed by atoms with E-state index in [1.54, 1.807) is 18.2 Å². The molecule has 0 saturated carbocycles. The van der Waals surface area contributed by atoms with Crippen LogP contribution in [0.5, 0.6) is 0 Å². The maximum absolute atomic E-state index is 13.8. The fourth-order valence-electron chi connectivity index (χ4n) is 5.02. The number of benzene rings is 2. The fraction of sp³-hybridized carbons (Fsp3) is 0.357. The molecule has 2 aliphatic heterocycles. The number of hydrazine groups is 1. The third kappa shape index (κ3) is 5.32. The Morgan fingerprint density at radius 3 is 2.34 bits per heavy atom. The summed E-state index contributed by atoms with van der Waals surface area (Å²) in [5.41, 5.74) is 4.64. The molecule has 184 valence electrons. The van der Waals surface area contributed by atoms with Crippen LogP contribution >= 0.6 is 23.2 Å². The van der Waals surface area contributed by atoms with Crippen molar-refractivity contribution >= 4 is 41.1 Å². The maximum Gasteiger partial charge on any atom is 0.270 e. The van der Waals surface area contributed by atoms with Crippen LogP contribution in [-0.2, 0) is 4.79 Å². The monoisotopic (exact) mass is 511 g/mol. The van der Waals surface area contributed by atoms with E-state index < -0.39 is 0 Å². The number of rotatable bonds is 7. The Balaban J connectivity index is 1.83. The number of aldehydes is 1. The summed E-state index contributed by atoms with van der Waals surface area (Å²) < 4.78 is 0. The highest BCUT2D eigenvalue weighted by Gasteiger charge is 2.36. The van der Waals surface area contributed by atoms with E-state index in [2.05, 4.69) is 23.4 Å². The molecule has 0 aliphatic carbocycles. The molecule has 7 heteroatoms. The van der Waals surface area contributed by atoms with Crippen LogP contribution < -0.4 is 4.90 Å². The number of piperidine rings is 1. The number of amides is 1. The van der Waals surface area contributed by atoms with Crippen molar-refractivity contribution in [3.8, 4) is 0 Å². The van der Waals surface area contributed by atoms with E-state index in [9.17, 15) is 9.59 Å². The molecule has 0 N–H and O–H groups in total. The van der Waals surface area contributed by atoms with Crippen molar-refractivity contribution in [2.45, 2.75) is 45.6 Å². The molecular weight excluding hydrogens is 481 g/mol. The van der Waals surface area contributed by atoms with E-state index in [4.69, 9.17) is 23.2 Å². The van der Waals surface area contributed by atoms with Gasteiger partial charge in [-0.2, -0.15) is 0 Å². The summed E-state index contributed by atoms with van der Waals surface area (Å²) in [6.45, 7) is 10.5. The highest BCUT2D eigenvalue weighted by molar-refractivity contribution is 6.36. The predicted octanol–water partition coefficient (Wildman–Crippen LogP) is 6.84. The summed E-state index contributed by atoms with van der Waals surface area (Å²) in [5.74, 6) is -0.0146. The minimum atomic E-state index is -0.159. The molecule has 5 nitrogen and oxygen atoms in total. The van der Waals surface area contributed by atoms with Crippen LogP contribution in [0, 0.1) is 0 Å². The highest BCUT2D eigenvalue weighted by atomic mass is 35.5. The van der Waals surface area contributed by atoms with Crippen molar-refractivity contribution in [3.63, 3.8) is 0 Å². The summed E-state index contributed by atoms with van der Waals surface area (Å²) in [6, 6.07) is 12.8. The molecule has 0 bridgehead atoms. The normalized spacial score (nSPS) is 17.9. The van der Waals surface area contributed by atoms with Crippen LogP contribution in [0.4, 0.5) is 5.69 Å². The molecule has 0 spiro atoms. The number of anilines is 1. The van der Waals surface area contributed by atoms with Gasteiger partial charge in [0.25, 0.3) is 5.91 Å². The van der Waals surface area contributed by atoms with E-state index in [-0.39, 0.29) is 11.9 Å². The quantitative estimate of drug-likeness (QED) is 0.381. The van der Waals surface area contributed by atoms with Crippen molar-refractivity contribution < 1.29 is 9.59 Å². The molecule has 0 aromatic heterocycles. The lowest BCUT2D eigenvalue weighted by atomic mass is 9.95. The number of nitrogens with zero attached hydrogens (tertiary/aromatic N) is 3. The topological polar surface area (TPSA) is 43.9 Å². The van der Waals surface area contributed by atoms with Gasteiger partial charge in [0.05, 0.1) is 22.3 Å². The van der Waals surface area contributed by atoms with Crippen molar-refractivity contribution in [1.29, 1.82) is 0 Å². The van der Waals surface area contributed by atoms with Crippen molar-refractivity contribution in [2.24, 2.45) is 0 Å². The molecule has 2 aromatic rings. The third-order valence-electron chi connectivity index (χ3n) is 6.80. The molecule has 2 aromatic carbocycles. The lowest BCUT2D eigenvalue weighted by molar-refractivity contribution is -0.147. The number of carbonyl (C=O) groups is 2. The van der Waals surface area contributed by atoms with Crippen molar-refractivity contribution in [3.05, 3.63) is 87.1 Å². The molecular formula is C28H31Cl2N3O2. The minimum Gasteiger partial charge on any atom is -0.336 e. The largest absolute Gasteiger partial charge is 0.336 e. The van der Waals surface area contributed by atoms with Gasteiger partial charge in [0.15, 0.2) is 0 Å². The summed E-state index contributed by atoms with van der Waals surface area (Å²) in [4.78, 5) is 27.1. The first kappa shape index (κ1) is 25.5. The molecule has 1 atom stereocenters. The van der Waals surface area contributed by atoms with Gasteiger partial charge in [0, 0.05) is 42.3 Å². The van der Waals surface area contributed by atoms with Crippen LogP contribution in [0.2, 0.25) is 10.0 Å². The first-order chi connectivity index (χ1) is 16.8. The minimum absolute atomic E-state index is 0.0146. The summed E-state index contributed by atoms with van der Waals surface area (Å²) in [7, 11) is 0. The Morgan fingerprint density at radius 1 is 1.06 bits per heavy atom. The van der Waals surface area contributed by atoms with E-state index in [1.165, 1.54) is 6.42 Å². The second-order valence-electron chi connectivity index (χ2n) is 9.22. The van der Waals surface area contributed by atoms with Gasteiger partial charge < -0.3 is 4.90 Å². The van der Waals surface area contributed by atoms with Gasteiger partial charge in [0.2, 0.25) is 0 Å². The molecule has 1 fully saturated rings. The Morgan fingerprint density at radius 2 is 1.74 bits per heavy atom. The smallest absolute Gasteiger partial charge is 0.270 e. The van der Waals surface area contributed by atoms with Crippen LogP contribution in [0.25, 0.3) is 0 Å². The molecule has 1 saturated heterocycles. The van der Waals surface area contributed by atoms with Gasteiger partial charge in [0.1, 0.15) is 6.29 Å². The van der Waals surface area contributed by atoms with Gasteiger partial charge in [-0.25, -0.2) is 5.01 Å². The van der Waals surface area contributed by atoms with Gasteiger partial charge in [-0.1, -0.05) is 60.5 Å². The number of hydrogen-bond donors (Lipinski definition) is 0. The first-order valence-electron chi connectivity index (χ1n) is 12.1. The number of carbonyl (C=O) groups excluding carboxylic acids is 2. The average Bonchev–Trinajstić information content (AvgIpc) is 2.85. The van der Waals surface area contributed by atoms with Gasteiger partial charge in [-0.05, 0) is 56.0 Å². The average molecular weight is 512 g/mol. The maximum atomic E-state index is 13.8. The molecule has 2 aliphatic rings. The zero-order valence-corrected chi connectivity index (χ0v) is 21.8. The van der Waals surface area contributed by atoms with E-state index in [1.807, 2.05) is 36.2 Å². The predicted molar refractivity (Wildman–Crippen MR) is 143 cm³/mol. The second kappa shape index (κ2) is 11.0. The molecule has 1 amide bonds. The molecule has 2 heterocycles. The van der Waals surface area contributed by atoms with Crippen molar-refractivity contribution in [2.75, 3.05) is 24.5 Å². The lowest BCUT2D eigenvalue weighted by Crippen LogP contribution is -2.52. The third-order valence-corrected chi connectivity index (χ3v) is 7.34. The first-order valence-corrected chi connectivity index (χ1v) is 12.8. The zero-order chi connectivity index (χ0) is 25.1. The van der Waals surface area contributed by atoms with E-state index >= 15 is 0 Å². The highest BCUT2D eigenvalue weighted by Crippen LogP contribution is 2.41. The number of halogens is 2. The Kier molecular flexibility index (Phi) is 8.00. The summed E-state index contributed by atoms with van der Waals surface area (Å²) >= 11 is 12.9. The molecule has 35 heavy (non-hydrogen) atoms. The standard InChI is InChI=1S/C28H31Cl2N3O2/c1-19(2)27-26(13-16-32(28(27)35)31-14-5-4-6-15-31)33(25-12-11-23(29)17-24(25)30)20(3)22-9-7-21(18-34)8-10-22/h7-12,17-18,20H,1,4-6,13-16H2,2-3H3. The van der Waals surface area contributed by atoms with Gasteiger partial charge in [-0.3, -0.25) is 14.6 Å². The van der Waals surface area contributed by atoms with Crippen LogP contribution in [-0.4, -0.2) is 41.8 Å². The van der Waals surface area contributed by atoms with E-state index in [0.29, 0.717) is 34.1 Å². The van der Waals surface area contributed by atoms with Crippen LogP contribution in [0.15, 0.2) is 65.9 Å². The zero-order valence-electron chi connectivity index (χ0n) is 20.3. The van der Waals surface area contributed by atoms with Gasteiger partial charge in [-0.15, -0.1) is 0 Å². The number of hydrogen-bond acceptors (Lipinski definition) is 4. The Labute approximate surface area is 217 Å². The second-order valence-corrected chi connectivity index (χ2v) is 10.1. The van der Waals surface area contributed by atoms with Gasteiger partial charge >= 0.3 is 0 Å². The fourth-order valence-corrected chi connectivity index (χ4v) is 5.52.